The Balaban J connectivity index is 1.76. The second-order valence-corrected chi connectivity index (χ2v) is 6.34. The van der Waals surface area contributed by atoms with Gasteiger partial charge < -0.3 is 9.47 Å². The minimum absolute atomic E-state index is 0.189. The molecule has 0 atom stereocenters. The second-order valence-electron chi connectivity index (χ2n) is 6.34. The van der Waals surface area contributed by atoms with Crippen LogP contribution in [0.5, 0.6) is 11.5 Å². The Morgan fingerprint density at radius 2 is 1.69 bits per heavy atom. The topological polar surface area (TPSA) is 76.7 Å². The van der Waals surface area contributed by atoms with Gasteiger partial charge in [-0.1, -0.05) is 26.0 Å². The number of rotatable bonds is 7. The highest BCUT2D eigenvalue weighted by molar-refractivity contribution is 5.95. The molecular weight excluding hydrogens is 332 g/mol. The smallest absolute Gasteiger partial charge is 0.276 e. The minimum Gasteiger partial charge on any atom is -0.493 e. The van der Waals surface area contributed by atoms with Gasteiger partial charge >= 0.3 is 0 Å². The van der Waals surface area contributed by atoms with E-state index in [0.29, 0.717) is 29.6 Å². The van der Waals surface area contributed by atoms with Gasteiger partial charge in [0.2, 0.25) is 0 Å². The monoisotopic (exact) mass is 356 g/mol. The number of benzene rings is 2. The first-order valence-corrected chi connectivity index (χ1v) is 8.45. The summed E-state index contributed by atoms with van der Waals surface area (Å²) < 4.78 is 10.9. The van der Waals surface area contributed by atoms with Crippen LogP contribution in [0.1, 0.15) is 29.8 Å². The molecule has 0 aliphatic carbocycles. The van der Waals surface area contributed by atoms with E-state index in [-0.39, 0.29) is 6.61 Å². The van der Waals surface area contributed by atoms with Gasteiger partial charge in [-0.25, -0.2) is 0 Å². The third-order valence-corrected chi connectivity index (χ3v) is 3.37. The number of amides is 2. The predicted molar refractivity (Wildman–Crippen MR) is 99.1 cm³/mol. The summed E-state index contributed by atoms with van der Waals surface area (Å²) in [7, 11) is 0. The molecule has 0 radical (unpaired) electrons. The predicted octanol–water partition coefficient (Wildman–Crippen LogP) is 2.87. The van der Waals surface area contributed by atoms with E-state index in [1.165, 1.54) is 0 Å². The van der Waals surface area contributed by atoms with Gasteiger partial charge in [-0.3, -0.25) is 20.4 Å². The Hall–Kier alpha value is -3.02. The van der Waals surface area contributed by atoms with Crippen LogP contribution in [0.2, 0.25) is 0 Å². The van der Waals surface area contributed by atoms with E-state index in [4.69, 9.17) is 9.47 Å². The van der Waals surface area contributed by atoms with Gasteiger partial charge in [0.15, 0.2) is 6.61 Å². The van der Waals surface area contributed by atoms with Crippen LogP contribution in [0.15, 0.2) is 48.5 Å². The Labute approximate surface area is 153 Å². The lowest BCUT2D eigenvalue weighted by atomic mass is 10.2. The van der Waals surface area contributed by atoms with Gasteiger partial charge in [0, 0.05) is 5.56 Å². The zero-order valence-electron chi connectivity index (χ0n) is 15.2. The average Bonchev–Trinajstić information content (AvgIpc) is 2.63. The molecule has 26 heavy (non-hydrogen) atoms. The number of hydrogen-bond donors (Lipinski definition) is 2. The summed E-state index contributed by atoms with van der Waals surface area (Å²) in [4.78, 5) is 23.8. The molecule has 0 saturated heterocycles. The molecule has 6 nitrogen and oxygen atoms in total. The van der Waals surface area contributed by atoms with Crippen LogP contribution in [-0.2, 0) is 4.79 Å². The molecule has 6 heteroatoms. The summed E-state index contributed by atoms with van der Waals surface area (Å²) in [5, 5.41) is 0. The van der Waals surface area contributed by atoms with Crippen molar-refractivity contribution in [1.82, 2.24) is 10.9 Å². The van der Waals surface area contributed by atoms with Gasteiger partial charge in [0.1, 0.15) is 11.5 Å². The number of ether oxygens (including phenoxy) is 2. The van der Waals surface area contributed by atoms with E-state index >= 15 is 0 Å². The van der Waals surface area contributed by atoms with Crippen molar-refractivity contribution in [3.8, 4) is 11.5 Å². The molecule has 2 amide bonds. The Kier molecular flexibility index (Phi) is 7.02. The van der Waals surface area contributed by atoms with Crippen LogP contribution in [0.25, 0.3) is 0 Å². The number of carbonyl (C=O) groups excluding carboxylic acids is 2. The van der Waals surface area contributed by atoms with Gasteiger partial charge in [0.25, 0.3) is 11.8 Å². The maximum absolute atomic E-state index is 12.0. The van der Waals surface area contributed by atoms with Gasteiger partial charge in [-0.2, -0.15) is 0 Å². The summed E-state index contributed by atoms with van der Waals surface area (Å²) >= 11 is 0. The third kappa shape index (κ3) is 6.47. The summed E-state index contributed by atoms with van der Waals surface area (Å²) in [6.45, 7) is 6.49. The zero-order chi connectivity index (χ0) is 18.9. The van der Waals surface area contributed by atoms with Crippen LogP contribution >= 0.6 is 0 Å². The van der Waals surface area contributed by atoms with E-state index in [9.17, 15) is 9.59 Å². The first kappa shape index (κ1) is 19.3. The van der Waals surface area contributed by atoms with Crippen LogP contribution in [0.4, 0.5) is 0 Å². The van der Waals surface area contributed by atoms with Crippen LogP contribution in [0, 0.1) is 12.8 Å². The SMILES string of the molecule is Cc1cccc(OCC(=O)NNC(=O)c2ccc(OCC(C)C)cc2)c1. The molecule has 2 rings (SSSR count). The fraction of sp³-hybridized carbons (Fsp3) is 0.300. The number of carbonyl (C=O) groups is 2. The number of nitrogens with one attached hydrogen (secondary N) is 2. The number of aryl methyl sites for hydroxylation is 1. The van der Waals surface area contributed by atoms with Gasteiger partial charge in [0.05, 0.1) is 6.61 Å². The first-order valence-electron chi connectivity index (χ1n) is 8.45. The molecule has 0 aliphatic rings. The lowest BCUT2D eigenvalue weighted by Crippen LogP contribution is -2.43. The normalized spacial score (nSPS) is 10.3. The van der Waals surface area contributed by atoms with Crippen molar-refractivity contribution in [2.45, 2.75) is 20.8 Å². The van der Waals surface area contributed by atoms with Crippen LogP contribution in [0.3, 0.4) is 0 Å². The Morgan fingerprint density at radius 3 is 2.35 bits per heavy atom. The van der Waals surface area contributed by atoms with E-state index in [1.807, 2.05) is 25.1 Å². The van der Waals surface area contributed by atoms with Crippen molar-refractivity contribution >= 4 is 11.8 Å². The van der Waals surface area contributed by atoms with E-state index in [1.54, 1.807) is 30.3 Å². The van der Waals surface area contributed by atoms with Crippen molar-refractivity contribution in [3.63, 3.8) is 0 Å². The highest BCUT2D eigenvalue weighted by atomic mass is 16.5. The Bertz CT molecular complexity index is 742. The number of hydrazine groups is 1. The minimum atomic E-state index is -0.447. The van der Waals surface area contributed by atoms with E-state index in [0.717, 1.165) is 5.56 Å². The second kappa shape index (κ2) is 9.46. The molecule has 0 spiro atoms. The Morgan fingerprint density at radius 1 is 0.962 bits per heavy atom. The summed E-state index contributed by atoms with van der Waals surface area (Å²) in [5.41, 5.74) is 6.14. The molecule has 0 unspecified atom stereocenters. The van der Waals surface area contributed by atoms with E-state index in [2.05, 4.69) is 24.7 Å². The molecule has 0 bridgehead atoms. The summed E-state index contributed by atoms with van der Waals surface area (Å²) in [6, 6.07) is 14.1. The molecule has 0 heterocycles. The van der Waals surface area contributed by atoms with Crippen molar-refractivity contribution in [2.75, 3.05) is 13.2 Å². The van der Waals surface area contributed by atoms with Crippen molar-refractivity contribution in [2.24, 2.45) is 5.92 Å². The molecular formula is C20H24N2O4. The van der Waals surface area contributed by atoms with Crippen molar-refractivity contribution < 1.29 is 19.1 Å². The maximum atomic E-state index is 12.0. The molecule has 0 fully saturated rings. The van der Waals surface area contributed by atoms with Gasteiger partial charge in [-0.15, -0.1) is 0 Å². The molecule has 2 aromatic carbocycles. The highest BCUT2D eigenvalue weighted by Crippen LogP contribution is 2.13. The van der Waals surface area contributed by atoms with Gasteiger partial charge in [-0.05, 0) is 54.8 Å². The standard InChI is InChI=1S/C20H24N2O4/c1-14(2)12-25-17-9-7-16(8-10-17)20(24)22-21-19(23)13-26-18-6-4-5-15(3)11-18/h4-11,14H,12-13H2,1-3H3,(H,21,23)(H,22,24). The third-order valence-electron chi connectivity index (χ3n) is 3.37. The van der Waals surface area contributed by atoms with Crippen LogP contribution < -0.4 is 20.3 Å². The summed E-state index contributed by atoms with van der Waals surface area (Å²) in [6.07, 6.45) is 0. The zero-order valence-corrected chi connectivity index (χ0v) is 15.2. The summed E-state index contributed by atoms with van der Waals surface area (Å²) in [5.74, 6) is 0.866. The quantitative estimate of drug-likeness (QED) is 0.748. The van der Waals surface area contributed by atoms with E-state index < -0.39 is 11.8 Å². The highest BCUT2D eigenvalue weighted by Gasteiger charge is 2.08. The first-order chi connectivity index (χ1) is 12.4. The lowest BCUT2D eigenvalue weighted by molar-refractivity contribution is -0.123. The average molecular weight is 356 g/mol. The maximum Gasteiger partial charge on any atom is 0.276 e. The molecule has 138 valence electrons. The van der Waals surface area contributed by atoms with Crippen LogP contribution in [-0.4, -0.2) is 25.0 Å². The molecule has 0 aliphatic heterocycles. The lowest BCUT2D eigenvalue weighted by Gasteiger charge is -2.10. The molecule has 2 N–H and O–H groups in total. The molecule has 2 aromatic rings. The fourth-order valence-corrected chi connectivity index (χ4v) is 2.05. The van der Waals surface area contributed by atoms with Crippen molar-refractivity contribution in [3.05, 3.63) is 59.7 Å². The molecule has 0 aromatic heterocycles. The fourth-order valence-electron chi connectivity index (χ4n) is 2.05. The van der Waals surface area contributed by atoms with Crippen molar-refractivity contribution in [1.29, 1.82) is 0 Å². The molecule has 0 saturated carbocycles. The largest absolute Gasteiger partial charge is 0.493 e. The number of hydrogen-bond acceptors (Lipinski definition) is 4.